The zero-order valence-corrected chi connectivity index (χ0v) is 12.7. The van der Waals surface area contributed by atoms with Gasteiger partial charge in [-0.15, -0.1) is 0 Å². The Morgan fingerprint density at radius 2 is 1.95 bits per heavy atom. The van der Waals surface area contributed by atoms with Gasteiger partial charge < -0.3 is 15.2 Å². The number of rotatable bonds is 7. The van der Waals surface area contributed by atoms with E-state index in [4.69, 9.17) is 4.74 Å². The van der Waals surface area contributed by atoms with Crippen LogP contribution in [0.3, 0.4) is 0 Å². The van der Waals surface area contributed by atoms with Gasteiger partial charge in [-0.05, 0) is 37.1 Å². The van der Waals surface area contributed by atoms with Crippen LogP contribution in [0.15, 0.2) is 54.6 Å². The summed E-state index contributed by atoms with van der Waals surface area (Å²) >= 11 is 0. The molecule has 0 bridgehead atoms. The van der Waals surface area contributed by atoms with Crippen molar-refractivity contribution in [3.8, 4) is 5.75 Å². The lowest BCUT2D eigenvalue weighted by molar-refractivity contribution is 0.0942. The highest BCUT2D eigenvalue weighted by atomic mass is 16.5. The van der Waals surface area contributed by atoms with Crippen molar-refractivity contribution in [1.82, 2.24) is 5.32 Å². The Morgan fingerprint density at radius 1 is 1.18 bits per heavy atom. The summed E-state index contributed by atoms with van der Waals surface area (Å²) in [6, 6.07) is 16.5. The van der Waals surface area contributed by atoms with E-state index in [1.54, 1.807) is 18.2 Å². The van der Waals surface area contributed by atoms with Crippen molar-refractivity contribution in [1.29, 1.82) is 0 Å². The predicted octanol–water partition coefficient (Wildman–Crippen LogP) is 2.94. The molecule has 2 aromatic carbocycles. The molecular weight excluding hydrogens is 278 g/mol. The third kappa shape index (κ3) is 4.60. The molecule has 0 aromatic heterocycles. The van der Waals surface area contributed by atoms with Crippen molar-refractivity contribution < 1.29 is 14.6 Å². The molecule has 2 rings (SSSR count). The monoisotopic (exact) mass is 299 g/mol. The molecule has 0 radical (unpaired) electrons. The predicted molar refractivity (Wildman–Crippen MR) is 86.0 cm³/mol. The van der Waals surface area contributed by atoms with Crippen molar-refractivity contribution >= 4 is 5.91 Å². The van der Waals surface area contributed by atoms with Gasteiger partial charge in [0.2, 0.25) is 0 Å². The minimum absolute atomic E-state index is 0.165. The minimum Gasteiger partial charge on any atom is -0.494 e. The topological polar surface area (TPSA) is 58.6 Å². The highest BCUT2D eigenvalue weighted by Crippen LogP contribution is 2.16. The standard InChI is InChI=1S/C18H21NO3/c1-2-22-16-10-6-9-15(13-16)18(21)19-12-11-17(20)14-7-4-3-5-8-14/h3-10,13,17,20H,2,11-12H2,1H3,(H,19,21). The normalized spacial score (nSPS) is 11.7. The number of nitrogens with one attached hydrogen (secondary N) is 1. The molecule has 0 heterocycles. The van der Waals surface area contributed by atoms with E-state index in [1.165, 1.54) is 0 Å². The van der Waals surface area contributed by atoms with Crippen molar-refractivity contribution in [2.24, 2.45) is 0 Å². The van der Waals surface area contributed by atoms with Crippen molar-refractivity contribution in [3.05, 3.63) is 65.7 Å². The summed E-state index contributed by atoms with van der Waals surface area (Å²) in [5.41, 5.74) is 1.41. The second kappa shape index (κ2) is 8.20. The number of amides is 1. The highest BCUT2D eigenvalue weighted by Gasteiger charge is 2.09. The zero-order chi connectivity index (χ0) is 15.8. The first-order valence-corrected chi connectivity index (χ1v) is 7.44. The van der Waals surface area contributed by atoms with Gasteiger partial charge in [0.1, 0.15) is 5.75 Å². The lowest BCUT2D eigenvalue weighted by atomic mass is 10.1. The van der Waals surface area contributed by atoms with Crippen molar-refractivity contribution in [2.45, 2.75) is 19.4 Å². The molecule has 0 saturated heterocycles. The zero-order valence-electron chi connectivity index (χ0n) is 12.7. The van der Waals surface area contributed by atoms with Crippen molar-refractivity contribution in [3.63, 3.8) is 0 Å². The van der Waals surface area contributed by atoms with E-state index in [9.17, 15) is 9.90 Å². The molecule has 0 aliphatic heterocycles. The summed E-state index contributed by atoms with van der Waals surface area (Å²) in [5, 5.41) is 12.9. The van der Waals surface area contributed by atoms with Gasteiger partial charge in [0.15, 0.2) is 0 Å². The summed E-state index contributed by atoms with van der Waals surface area (Å²) in [4.78, 5) is 12.1. The van der Waals surface area contributed by atoms with Crippen LogP contribution in [0.4, 0.5) is 0 Å². The Hall–Kier alpha value is -2.33. The molecule has 0 aliphatic carbocycles. The molecule has 1 unspecified atom stereocenters. The number of benzene rings is 2. The highest BCUT2D eigenvalue weighted by molar-refractivity contribution is 5.94. The van der Waals surface area contributed by atoms with Gasteiger partial charge in [-0.2, -0.15) is 0 Å². The van der Waals surface area contributed by atoms with E-state index in [0.29, 0.717) is 30.9 Å². The molecule has 4 nitrogen and oxygen atoms in total. The summed E-state index contributed by atoms with van der Waals surface area (Å²) in [7, 11) is 0. The maximum atomic E-state index is 12.1. The van der Waals surface area contributed by atoms with Crippen molar-refractivity contribution in [2.75, 3.05) is 13.2 Å². The van der Waals surface area contributed by atoms with Crippen LogP contribution in [-0.4, -0.2) is 24.2 Å². The maximum absolute atomic E-state index is 12.1. The molecule has 2 N–H and O–H groups in total. The Labute approximate surface area is 130 Å². The third-order valence-electron chi connectivity index (χ3n) is 3.29. The second-order valence-corrected chi connectivity index (χ2v) is 4.93. The van der Waals surface area contributed by atoms with Gasteiger partial charge >= 0.3 is 0 Å². The van der Waals surface area contributed by atoms with Gasteiger partial charge in [0.25, 0.3) is 5.91 Å². The van der Waals surface area contributed by atoms with Gasteiger partial charge in [-0.3, -0.25) is 4.79 Å². The largest absolute Gasteiger partial charge is 0.494 e. The summed E-state index contributed by atoms with van der Waals surface area (Å²) in [5.74, 6) is 0.515. The van der Waals surface area contributed by atoms with Gasteiger partial charge in [0, 0.05) is 12.1 Å². The number of aliphatic hydroxyl groups excluding tert-OH is 1. The first-order chi connectivity index (χ1) is 10.7. The van der Waals surface area contributed by atoms with Crippen LogP contribution >= 0.6 is 0 Å². The fourth-order valence-electron chi connectivity index (χ4n) is 2.16. The quantitative estimate of drug-likeness (QED) is 0.826. The van der Waals surface area contributed by atoms with Crippen LogP contribution < -0.4 is 10.1 Å². The van der Waals surface area contributed by atoms with Crippen LogP contribution in [0.1, 0.15) is 35.4 Å². The molecule has 4 heteroatoms. The van der Waals surface area contributed by atoms with Gasteiger partial charge in [0.05, 0.1) is 12.7 Å². The molecule has 0 saturated carbocycles. The van der Waals surface area contributed by atoms with Gasteiger partial charge in [-0.25, -0.2) is 0 Å². The second-order valence-electron chi connectivity index (χ2n) is 4.93. The minimum atomic E-state index is -0.573. The van der Waals surface area contributed by atoms with Gasteiger partial charge in [-0.1, -0.05) is 36.4 Å². The van der Waals surface area contributed by atoms with Crippen LogP contribution in [0, 0.1) is 0 Å². The number of hydrogen-bond donors (Lipinski definition) is 2. The first-order valence-electron chi connectivity index (χ1n) is 7.44. The lowest BCUT2D eigenvalue weighted by Gasteiger charge is -2.12. The number of aliphatic hydroxyl groups is 1. The summed E-state index contributed by atoms with van der Waals surface area (Å²) in [6.07, 6.45) is -0.0998. The third-order valence-corrected chi connectivity index (χ3v) is 3.29. The number of carbonyl (C=O) groups is 1. The molecule has 0 aliphatic rings. The van der Waals surface area contributed by atoms with Crippen LogP contribution in [0.5, 0.6) is 5.75 Å². The molecule has 116 valence electrons. The van der Waals surface area contributed by atoms with E-state index >= 15 is 0 Å². The van der Waals surface area contributed by atoms with E-state index in [1.807, 2.05) is 43.3 Å². The van der Waals surface area contributed by atoms with E-state index in [2.05, 4.69) is 5.32 Å². The molecule has 1 amide bonds. The Kier molecular flexibility index (Phi) is 5.98. The smallest absolute Gasteiger partial charge is 0.251 e. The van der Waals surface area contributed by atoms with E-state index in [0.717, 1.165) is 5.56 Å². The fraction of sp³-hybridized carbons (Fsp3) is 0.278. The average molecular weight is 299 g/mol. The number of carbonyl (C=O) groups excluding carboxylic acids is 1. The number of ether oxygens (including phenoxy) is 1. The summed E-state index contributed by atoms with van der Waals surface area (Å²) < 4.78 is 5.38. The van der Waals surface area contributed by atoms with Crippen LogP contribution in [0.25, 0.3) is 0 Å². The van der Waals surface area contributed by atoms with Crippen LogP contribution in [-0.2, 0) is 0 Å². The Balaban J connectivity index is 1.84. The van der Waals surface area contributed by atoms with E-state index in [-0.39, 0.29) is 5.91 Å². The molecule has 0 spiro atoms. The molecule has 1 atom stereocenters. The average Bonchev–Trinajstić information content (AvgIpc) is 2.56. The maximum Gasteiger partial charge on any atom is 0.251 e. The van der Waals surface area contributed by atoms with E-state index < -0.39 is 6.10 Å². The first kappa shape index (κ1) is 16.0. The fourth-order valence-corrected chi connectivity index (χ4v) is 2.16. The molecule has 0 fully saturated rings. The SMILES string of the molecule is CCOc1cccc(C(=O)NCCC(O)c2ccccc2)c1. The lowest BCUT2D eigenvalue weighted by Crippen LogP contribution is -2.25. The Bertz CT molecular complexity index is 598. The molecule has 22 heavy (non-hydrogen) atoms. The molecule has 2 aromatic rings. The number of hydrogen-bond acceptors (Lipinski definition) is 3. The van der Waals surface area contributed by atoms with Crippen LogP contribution in [0.2, 0.25) is 0 Å². The summed E-state index contributed by atoms with van der Waals surface area (Å²) in [6.45, 7) is 2.87. The molecular formula is C18H21NO3. The Morgan fingerprint density at radius 3 is 2.68 bits per heavy atom.